The number of aromatic hydroxyl groups is 2. The summed E-state index contributed by atoms with van der Waals surface area (Å²) >= 11 is 0. The lowest BCUT2D eigenvalue weighted by atomic mass is 10.1. The highest BCUT2D eigenvalue weighted by molar-refractivity contribution is 6.41. The minimum atomic E-state index is -2.18. The molecule has 0 atom stereocenters. The average Bonchev–Trinajstić information content (AvgIpc) is 2.47. The van der Waals surface area contributed by atoms with Crippen LogP contribution in [0.4, 0.5) is 0 Å². The van der Waals surface area contributed by atoms with Crippen molar-refractivity contribution in [1.29, 1.82) is 0 Å². The van der Waals surface area contributed by atoms with E-state index in [-0.39, 0.29) is 22.6 Å². The molecule has 8 heteroatoms. The van der Waals surface area contributed by atoms with Crippen LogP contribution < -0.4 is 0 Å². The molecule has 22 heavy (non-hydrogen) atoms. The van der Waals surface area contributed by atoms with Crippen molar-refractivity contribution in [2.24, 2.45) is 0 Å². The van der Waals surface area contributed by atoms with Gasteiger partial charge in [0.05, 0.1) is 11.1 Å². The third kappa shape index (κ3) is 3.55. The van der Waals surface area contributed by atoms with Gasteiger partial charge in [-0.15, -0.1) is 0 Å². The number of hydrogen-bond donors (Lipinski definition) is 3. The molecular formula is C14H11BO7. The number of carbonyl (C=O) groups is 2. The number of benzene rings is 2. The van der Waals surface area contributed by atoms with E-state index in [0.717, 1.165) is 0 Å². The fourth-order valence-electron chi connectivity index (χ4n) is 1.63. The lowest BCUT2D eigenvalue weighted by molar-refractivity contribution is 0.0515. The monoisotopic (exact) mass is 302 g/mol. The molecule has 0 saturated carbocycles. The molecule has 112 valence electrons. The second-order valence-corrected chi connectivity index (χ2v) is 4.15. The van der Waals surface area contributed by atoms with E-state index >= 15 is 0 Å². The van der Waals surface area contributed by atoms with Gasteiger partial charge >= 0.3 is 19.3 Å². The third-order valence-corrected chi connectivity index (χ3v) is 2.66. The van der Waals surface area contributed by atoms with Gasteiger partial charge in [0.1, 0.15) is 11.5 Å². The fraction of sp³-hybridized carbons (Fsp3) is 0. The fourth-order valence-corrected chi connectivity index (χ4v) is 1.63. The van der Waals surface area contributed by atoms with Gasteiger partial charge in [-0.2, -0.15) is 0 Å². The molecule has 0 amide bonds. The van der Waals surface area contributed by atoms with Gasteiger partial charge < -0.3 is 24.5 Å². The first-order chi connectivity index (χ1) is 10.5. The summed E-state index contributed by atoms with van der Waals surface area (Å²) in [6.07, 6.45) is 0. The summed E-state index contributed by atoms with van der Waals surface area (Å²) in [5.41, 5.74) is -0.389. The quantitative estimate of drug-likeness (QED) is 0.724. The van der Waals surface area contributed by atoms with Gasteiger partial charge in [-0.25, -0.2) is 9.59 Å². The van der Waals surface area contributed by atoms with Crippen LogP contribution in [0.3, 0.4) is 0 Å². The van der Waals surface area contributed by atoms with Crippen molar-refractivity contribution in [2.45, 2.75) is 0 Å². The van der Waals surface area contributed by atoms with E-state index in [0.29, 0.717) is 0 Å². The van der Waals surface area contributed by atoms with E-state index in [2.05, 4.69) is 9.31 Å². The highest BCUT2D eigenvalue weighted by Gasteiger charge is 2.29. The highest BCUT2D eigenvalue weighted by Crippen LogP contribution is 2.18. The molecule has 0 aromatic heterocycles. The number of hydrogen-bond acceptors (Lipinski definition) is 7. The normalized spacial score (nSPS) is 9.86. The van der Waals surface area contributed by atoms with Crippen molar-refractivity contribution >= 4 is 19.3 Å². The van der Waals surface area contributed by atoms with E-state index in [9.17, 15) is 24.8 Å². The minimum Gasteiger partial charge on any atom is -0.507 e. The van der Waals surface area contributed by atoms with Crippen LogP contribution in [0.1, 0.15) is 20.7 Å². The Hall–Kier alpha value is -3.00. The van der Waals surface area contributed by atoms with Crippen molar-refractivity contribution in [1.82, 2.24) is 0 Å². The summed E-state index contributed by atoms with van der Waals surface area (Å²) in [6.45, 7) is 0. The van der Waals surface area contributed by atoms with E-state index in [1.807, 2.05) is 0 Å². The molecule has 0 aliphatic heterocycles. The van der Waals surface area contributed by atoms with Crippen LogP contribution in [0.15, 0.2) is 48.5 Å². The topological polar surface area (TPSA) is 113 Å². The standard InChI is InChI=1S/C14H11BO7/c16-11-7-3-1-5-9(11)13(18)21-15(20)22-14(19)10-6-2-4-8-12(10)17/h1-8,16-17,20H. The maximum absolute atomic E-state index is 11.7. The van der Waals surface area contributed by atoms with Gasteiger partial charge in [0.25, 0.3) is 0 Å². The lowest BCUT2D eigenvalue weighted by Crippen LogP contribution is -2.29. The predicted octanol–water partition coefficient (Wildman–Crippen LogP) is 1.09. The molecule has 3 N–H and O–H groups in total. The SMILES string of the molecule is O=C(OB(O)OC(=O)c1ccccc1O)c1ccccc1O. The van der Waals surface area contributed by atoms with Crippen LogP contribution in [0, 0.1) is 0 Å². The Kier molecular flexibility index (Phi) is 4.65. The molecule has 2 aromatic carbocycles. The van der Waals surface area contributed by atoms with E-state index in [1.54, 1.807) is 0 Å². The van der Waals surface area contributed by atoms with Crippen molar-refractivity contribution in [3.05, 3.63) is 59.7 Å². The molecular weight excluding hydrogens is 291 g/mol. The van der Waals surface area contributed by atoms with Crippen molar-refractivity contribution in [3.63, 3.8) is 0 Å². The van der Waals surface area contributed by atoms with Crippen LogP contribution in [0.5, 0.6) is 11.5 Å². The van der Waals surface area contributed by atoms with Gasteiger partial charge in [-0.3, -0.25) is 0 Å². The molecule has 7 nitrogen and oxygen atoms in total. The van der Waals surface area contributed by atoms with Crippen molar-refractivity contribution in [2.75, 3.05) is 0 Å². The molecule has 0 saturated heterocycles. The second kappa shape index (κ2) is 6.64. The Morgan fingerprint density at radius 2 is 1.14 bits per heavy atom. The van der Waals surface area contributed by atoms with Crippen LogP contribution in [-0.2, 0) is 9.31 Å². The van der Waals surface area contributed by atoms with Crippen molar-refractivity contribution < 1.29 is 34.1 Å². The second-order valence-electron chi connectivity index (χ2n) is 4.15. The predicted molar refractivity (Wildman–Crippen MR) is 75.0 cm³/mol. The van der Waals surface area contributed by atoms with Gasteiger partial charge in [0.15, 0.2) is 0 Å². The van der Waals surface area contributed by atoms with Crippen LogP contribution in [-0.4, -0.2) is 34.5 Å². The van der Waals surface area contributed by atoms with Gasteiger partial charge in [-0.1, -0.05) is 24.3 Å². The zero-order chi connectivity index (χ0) is 16.1. The number of phenolic OH excluding ortho intramolecular Hbond substituents is 2. The van der Waals surface area contributed by atoms with Gasteiger partial charge in [-0.05, 0) is 24.3 Å². The molecule has 0 radical (unpaired) electrons. The smallest absolute Gasteiger partial charge is 0.507 e. The first kappa shape index (κ1) is 15.4. The zero-order valence-corrected chi connectivity index (χ0v) is 11.2. The lowest BCUT2D eigenvalue weighted by Gasteiger charge is -2.10. The zero-order valence-electron chi connectivity index (χ0n) is 11.2. The van der Waals surface area contributed by atoms with Crippen LogP contribution >= 0.6 is 0 Å². The molecule has 0 fully saturated rings. The minimum absolute atomic E-state index is 0.194. The summed E-state index contributed by atoms with van der Waals surface area (Å²) in [5, 5.41) is 28.4. The molecule has 0 unspecified atom stereocenters. The van der Waals surface area contributed by atoms with E-state index in [4.69, 9.17) is 0 Å². The van der Waals surface area contributed by atoms with Crippen molar-refractivity contribution in [3.8, 4) is 11.5 Å². The molecule has 2 aromatic rings. The Balaban J connectivity index is 2.00. The first-order valence-corrected chi connectivity index (χ1v) is 6.15. The Morgan fingerprint density at radius 1 is 0.773 bits per heavy atom. The number of para-hydroxylation sites is 2. The Labute approximate surface area is 125 Å². The van der Waals surface area contributed by atoms with E-state index in [1.165, 1.54) is 48.5 Å². The summed E-state index contributed by atoms with van der Waals surface area (Å²) < 4.78 is 8.96. The average molecular weight is 302 g/mol. The molecule has 2 rings (SSSR count). The Bertz CT molecular complexity index is 642. The number of phenols is 2. The Morgan fingerprint density at radius 3 is 1.50 bits per heavy atom. The molecule has 0 aliphatic carbocycles. The largest absolute Gasteiger partial charge is 0.789 e. The summed E-state index contributed by atoms with van der Waals surface area (Å²) in [4.78, 5) is 23.4. The summed E-state index contributed by atoms with van der Waals surface area (Å²) in [6, 6.07) is 11.0. The van der Waals surface area contributed by atoms with Gasteiger partial charge in [0, 0.05) is 0 Å². The van der Waals surface area contributed by atoms with Crippen LogP contribution in [0.25, 0.3) is 0 Å². The third-order valence-electron chi connectivity index (χ3n) is 2.66. The van der Waals surface area contributed by atoms with Crippen LogP contribution in [0.2, 0.25) is 0 Å². The maximum atomic E-state index is 11.7. The first-order valence-electron chi connectivity index (χ1n) is 6.15. The summed E-state index contributed by atoms with van der Waals surface area (Å²) in [5.74, 6) is -2.83. The summed E-state index contributed by atoms with van der Waals surface area (Å²) in [7, 11) is -2.18. The van der Waals surface area contributed by atoms with Gasteiger partial charge in [0.2, 0.25) is 0 Å². The highest BCUT2D eigenvalue weighted by atomic mass is 16.7. The molecule has 0 heterocycles. The van der Waals surface area contributed by atoms with E-state index < -0.39 is 19.3 Å². The molecule has 0 spiro atoms. The number of carbonyl (C=O) groups excluding carboxylic acids is 2. The molecule has 0 aliphatic rings. The number of rotatable bonds is 4. The maximum Gasteiger partial charge on any atom is 0.789 e. The molecule has 0 bridgehead atoms.